The van der Waals surface area contributed by atoms with Crippen molar-refractivity contribution in [2.45, 2.75) is 44.0 Å². The summed E-state index contributed by atoms with van der Waals surface area (Å²) in [4.78, 5) is 52.2. The van der Waals surface area contributed by atoms with Gasteiger partial charge in [-0.1, -0.05) is 84.9 Å². The standard InChI is InChI=1S/C30H32N4O5/c1-19(35)32-27(23-10-6-3-7-11-23)30(39)34-18-24(36)17-26(34)29(38)33-25(28(31)37)16-20-12-14-22(15-13-20)21-8-4-2-5-9-21/h2-15,24-27,36H,16-18H2,1H3,(H2,31,37)(H,32,35)(H,33,38)/t24-,25-,26+,27+/m1/s1. The Kier molecular flexibility index (Phi) is 8.73. The van der Waals surface area contributed by atoms with E-state index in [4.69, 9.17) is 5.73 Å². The minimum Gasteiger partial charge on any atom is -0.391 e. The van der Waals surface area contributed by atoms with Gasteiger partial charge in [0.15, 0.2) is 0 Å². The maximum atomic E-state index is 13.5. The molecule has 39 heavy (non-hydrogen) atoms. The molecule has 0 aromatic heterocycles. The molecule has 1 fully saturated rings. The zero-order valence-corrected chi connectivity index (χ0v) is 21.6. The van der Waals surface area contributed by atoms with E-state index in [1.165, 1.54) is 11.8 Å². The third-order valence-corrected chi connectivity index (χ3v) is 6.75. The van der Waals surface area contributed by atoms with Crippen molar-refractivity contribution in [3.8, 4) is 11.1 Å². The van der Waals surface area contributed by atoms with E-state index in [0.29, 0.717) is 5.56 Å². The Morgan fingerprint density at radius 2 is 1.49 bits per heavy atom. The lowest BCUT2D eigenvalue weighted by molar-refractivity contribution is -0.142. The predicted octanol–water partition coefficient (Wildman–Crippen LogP) is 1.71. The number of amides is 4. The molecule has 3 aromatic rings. The first-order valence-corrected chi connectivity index (χ1v) is 12.8. The second-order valence-electron chi connectivity index (χ2n) is 9.67. The van der Waals surface area contributed by atoms with Crippen molar-refractivity contribution in [1.82, 2.24) is 15.5 Å². The zero-order valence-electron chi connectivity index (χ0n) is 21.6. The highest BCUT2D eigenvalue weighted by Gasteiger charge is 2.42. The number of benzene rings is 3. The van der Waals surface area contributed by atoms with E-state index in [0.717, 1.165) is 16.7 Å². The molecule has 3 aromatic carbocycles. The number of primary amides is 1. The quantitative estimate of drug-likeness (QED) is 0.335. The number of β-amino-alcohol motifs (C(OH)–C–C–N with tert-alkyl or cyclic N) is 1. The van der Waals surface area contributed by atoms with Gasteiger partial charge in [-0.2, -0.15) is 0 Å². The van der Waals surface area contributed by atoms with Gasteiger partial charge in [0.25, 0.3) is 5.91 Å². The molecule has 5 N–H and O–H groups in total. The molecule has 0 spiro atoms. The lowest BCUT2D eigenvalue weighted by Gasteiger charge is -2.29. The van der Waals surface area contributed by atoms with E-state index in [2.05, 4.69) is 10.6 Å². The van der Waals surface area contributed by atoms with Gasteiger partial charge in [0.1, 0.15) is 18.1 Å². The Labute approximate surface area is 227 Å². The minimum absolute atomic E-state index is 0.00356. The van der Waals surface area contributed by atoms with E-state index in [1.54, 1.807) is 30.3 Å². The number of hydrogen-bond acceptors (Lipinski definition) is 5. The maximum Gasteiger partial charge on any atom is 0.250 e. The van der Waals surface area contributed by atoms with Crippen molar-refractivity contribution in [1.29, 1.82) is 0 Å². The SMILES string of the molecule is CC(=O)N[C@H](C(=O)N1C[C@H](O)C[C@H]1C(=O)N[C@H](Cc1ccc(-c2ccccc2)cc1)C(N)=O)c1ccccc1. The van der Waals surface area contributed by atoms with Gasteiger partial charge < -0.3 is 26.4 Å². The van der Waals surface area contributed by atoms with Crippen LogP contribution < -0.4 is 16.4 Å². The second-order valence-corrected chi connectivity index (χ2v) is 9.67. The van der Waals surface area contributed by atoms with Gasteiger partial charge in [-0.15, -0.1) is 0 Å². The summed E-state index contributed by atoms with van der Waals surface area (Å²) in [6.07, 6.45) is -0.773. The summed E-state index contributed by atoms with van der Waals surface area (Å²) in [5.74, 6) is -2.25. The molecular formula is C30H32N4O5. The number of nitrogens with one attached hydrogen (secondary N) is 2. The molecular weight excluding hydrogens is 496 g/mol. The monoisotopic (exact) mass is 528 g/mol. The predicted molar refractivity (Wildman–Crippen MR) is 146 cm³/mol. The number of hydrogen-bond donors (Lipinski definition) is 4. The Hall–Kier alpha value is -4.50. The van der Waals surface area contributed by atoms with Crippen molar-refractivity contribution < 1.29 is 24.3 Å². The third kappa shape index (κ3) is 6.88. The van der Waals surface area contributed by atoms with Crippen LogP contribution >= 0.6 is 0 Å². The van der Waals surface area contributed by atoms with E-state index in [1.807, 2.05) is 54.6 Å². The summed E-state index contributed by atoms with van der Waals surface area (Å²) in [5.41, 5.74) is 9.04. The average molecular weight is 529 g/mol. The molecule has 9 nitrogen and oxygen atoms in total. The van der Waals surface area contributed by atoms with Crippen molar-refractivity contribution >= 4 is 23.6 Å². The van der Waals surface area contributed by atoms with Crippen LogP contribution in [0.15, 0.2) is 84.9 Å². The molecule has 0 bridgehead atoms. The first-order chi connectivity index (χ1) is 18.7. The van der Waals surface area contributed by atoms with Gasteiger partial charge in [-0.25, -0.2) is 0 Å². The largest absolute Gasteiger partial charge is 0.391 e. The lowest BCUT2D eigenvalue weighted by atomic mass is 10.00. The summed E-state index contributed by atoms with van der Waals surface area (Å²) in [5, 5.41) is 15.7. The van der Waals surface area contributed by atoms with Gasteiger partial charge in [-0.3, -0.25) is 19.2 Å². The lowest BCUT2D eigenvalue weighted by Crippen LogP contribution is -2.54. The van der Waals surface area contributed by atoms with Gasteiger partial charge in [0.05, 0.1) is 6.10 Å². The van der Waals surface area contributed by atoms with Crippen LogP contribution in [0.4, 0.5) is 0 Å². The van der Waals surface area contributed by atoms with Crippen LogP contribution in [0.2, 0.25) is 0 Å². The van der Waals surface area contributed by atoms with Gasteiger partial charge in [0.2, 0.25) is 17.7 Å². The molecule has 4 atom stereocenters. The first-order valence-electron chi connectivity index (χ1n) is 12.8. The van der Waals surface area contributed by atoms with Gasteiger partial charge >= 0.3 is 0 Å². The van der Waals surface area contributed by atoms with Gasteiger partial charge in [-0.05, 0) is 22.3 Å². The van der Waals surface area contributed by atoms with Crippen molar-refractivity contribution in [3.63, 3.8) is 0 Å². The Bertz CT molecular complexity index is 1310. The van der Waals surface area contributed by atoms with Crippen LogP contribution in [0.3, 0.4) is 0 Å². The van der Waals surface area contributed by atoms with Crippen LogP contribution in [-0.4, -0.2) is 58.4 Å². The molecule has 4 amide bonds. The Morgan fingerprint density at radius 1 is 0.897 bits per heavy atom. The molecule has 1 aliphatic rings. The number of aliphatic hydroxyl groups is 1. The number of nitrogens with two attached hydrogens (primary N) is 1. The van der Waals surface area contributed by atoms with Crippen LogP contribution in [0.25, 0.3) is 11.1 Å². The zero-order chi connectivity index (χ0) is 27.9. The maximum absolute atomic E-state index is 13.5. The molecule has 0 unspecified atom stereocenters. The highest BCUT2D eigenvalue weighted by Crippen LogP contribution is 2.25. The van der Waals surface area contributed by atoms with E-state index < -0.39 is 47.9 Å². The fraction of sp³-hybridized carbons (Fsp3) is 0.267. The summed E-state index contributed by atoms with van der Waals surface area (Å²) >= 11 is 0. The molecule has 1 aliphatic heterocycles. The molecule has 9 heteroatoms. The molecule has 202 valence electrons. The van der Waals surface area contributed by atoms with E-state index in [-0.39, 0.29) is 19.4 Å². The van der Waals surface area contributed by atoms with Crippen LogP contribution in [0.1, 0.15) is 30.5 Å². The number of rotatable bonds is 9. The third-order valence-electron chi connectivity index (χ3n) is 6.75. The Balaban J connectivity index is 1.48. The fourth-order valence-electron chi connectivity index (χ4n) is 4.80. The summed E-state index contributed by atoms with van der Waals surface area (Å²) in [6.45, 7) is 1.22. The highest BCUT2D eigenvalue weighted by molar-refractivity contribution is 5.95. The van der Waals surface area contributed by atoms with Crippen LogP contribution in [-0.2, 0) is 25.6 Å². The van der Waals surface area contributed by atoms with Crippen molar-refractivity contribution in [3.05, 3.63) is 96.1 Å². The summed E-state index contributed by atoms with van der Waals surface area (Å²) in [6, 6.07) is 23.0. The van der Waals surface area contributed by atoms with Crippen LogP contribution in [0.5, 0.6) is 0 Å². The smallest absolute Gasteiger partial charge is 0.250 e. The number of nitrogens with zero attached hydrogens (tertiary/aromatic N) is 1. The Morgan fingerprint density at radius 3 is 2.08 bits per heavy atom. The molecule has 0 aliphatic carbocycles. The highest BCUT2D eigenvalue weighted by atomic mass is 16.3. The average Bonchev–Trinajstić information content (AvgIpc) is 3.34. The summed E-state index contributed by atoms with van der Waals surface area (Å²) in [7, 11) is 0. The molecule has 0 radical (unpaired) electrons. The second kappa shape index (κ2) is 12.4. The van der Waals surface area contributed by atoms with Crippen LogP contribution in [0, 0.1) is 0 Å². The molecule has 1 saturated heterocycles. The van der Waals surface area contributed by atoms with Crippen molar-refractivity contribution in [2.75, 3.05) is 6.54 Å². The number of aliphatic hydroxyl groups excluding tert-OH is 1. The minimum atomic E-state index is -1.03. The topological polar surface area (TPSA) is 142 Å². The normalized spacial score (nSPS) is 18.2. The number of likely N-dealkylation sites (tertiary alicyclic amines) is 1. The summed E-state index contributed by atoms with van der Waals surface area (Å²) < 4.78 is 0. The van der Waals surface area contributed by atoms with Gasteiger partial charge in [0, 0.05) is 26.3 Å². The molecule has 4 rings (SSSR count). The fourth-order valence-corrected chi connectivity index (χ4v) is 4.80. The first kappa shape index (κ1) is 27.5. The molecule has 1 heterocycles. The van der Waals surface area contributed by atoms with E-state index >= 15 is 0 Å². The number of carbonyl (C=O) groups excluding carboxylic acids is 4. The number of carbonyl (C=O) groups is 4. The van der Waals surface area contributed by atoms with E-state index in [9.17, 15) is 24.3 Å². The molecule has 0 saturated carbocycles. The van der Waals surface area contributed by atoms with Crippen molar-refractivity contribution in [2.24, 2.45) is 5.73 Å².